The van der Waals surface area contributed by atoms with E-state index in [2.05, 4.69) is 24.1 Å². The molecule has 3 aliphatic carbocycles. The Morgan fingerprint density at radius 2 is 1.76 bits per heavy atom. The summed E-state index contributed by atoms with van der Waals surface area (Å²) in [6.07, 6.45) is 9.14. The maximum atomic E-state index is 12.8. The fraction of sp³-hybridized carbons (Fsp3) is 0.679. The van der Waals surface area contributed by atoms with E-state index in [0.717, 1.165) is 42.7 Å². The Labute approximate surface area is 203 Å². The van der Waals surface area contributed by atoms with Crippen molar-refractivity contribution in [2.45, 2.75) is 71.3 Å². The van der Waals surface area contributed by atoms with E-state index >= 15 is 0 Å². The molecule has 0 spiro atoms. The molecule has 0 bridgehead atoms. The molecule has 1 N–H and O–H groups in total. The topological polar surface area (TPSA) is 49.4 Å². The van der Waals surface area contributed by atoms with E-state index in [-0.39, 0.29) is 11.3 Å². The number of hydrogen-bond acceptors (Lipinski definition) is 3. The monoisotopic (exact) mass is 466 g/mol. The van der Waals surface area contributed by atoms with Crippen molar-refractivity contribution in [2.75, 3.05) is 13.6 Å². The second kappa shape index (κ2) is 8.48. The number of amides is 2. The number of piperidine rings is 1. The minimum atomic E-state index is -0.111. The number of fused-ring (bicyclic) bond motifs is 5. The van der Waals surface area contributed by atoms with Crippen LogP contribution in [0.25, 0.3) is 0 Å². The molecule has 4 fully saturated rings. The minimum Gasteiger partial charge on any atom is -0.351 e. The lowest BCUT2D eigenvalue weighted by atomic mass is 9.47. The van der Waals surface area contributed by atoms with Gasteiger partial charge < -0.3 is 10.2 Å². The molecule has 1 saturated heterocycles. The average Bonchev–Trinajstić information content (AvgIpc) is 3.16. The van der Waals surface area contributed by atoms with Crippen molar-refractivity contribution in [2.24, 2.45) is 34.5 Å². The van der Waals surface area contributed by atoms with Crippen LogP contribution in [0.3, 0.4) is 0 Å². The van der Waals surface area contributed by atoms with Gasteiger partial charge in [0.25, 0.3) is 5.91 Å². The van der Waals surface area contributed by atoms with Crippen molar-refractivity contribution >= 4 is 28.9 Å². The Morgan fingerprint density at radius 3 is 2.52 bits per heavy atom. The molecule has 0 unspecified atom stereocenters. The zero-order valence-corrected chi connectivity index (χ0v) is 21.1. The molecule has 5 rings (SSSR count). The Kier molecular flexibility index (Phi) is 5.91. The fourth-order valence-corrected chi connectivity index (χ4v) is 8.82. The van der Waals surface area contributed by atoms with E-state index < -0.39 is 0 Å². The van der Waals surface area contributed by atoms with Crippen LogP contribution in [0.1, 0.15) is 70.8 Å². The molecule has 1 aromatic rings. The number of carbonyl (C=O) groups is 2. The van der Waals surface area contributed by atoms with Crippen LogP contribution in [0.5, 0.6) is 0 Å². The second-order valence-corrected chi connectivity index (χ2v) is 12.1. The predicted molar refractivity (Wildman–Crippen MR) is 135 cm³/mol. The number of carbonyl (C=O) groups excluding carboxylic acids is 2. The maximum Gasteiger partial charge on any atom is 0.262 e. The van der Waals surface area contributed by atoms with E-state index in [0.29, 0.717) is 34.6 Å². The molecule has 3 saturated carbocycles. The summed E-state index contributed by atoms with van der Waals surface area (Å²) in [5.41, 5.74) is 1.38. The first-order valence-corrected chi connectivity index (χ1v) is 13.3. The molecule has 1 aliphatic heterocycles. The molecule has 7 atom stereocenters. The Hall–Kier alpha value is -1.75. The van der Waals surface area contributed by atoms with Crippen molar-refractivity contribution in [1.29, 1.82) is 0 Å². The summed E-state index contributed by atoms with van der Waals surface area (Å²) in [4.78, 5) is 27.6. The van der Waals surface area contributed by atoms with Crippen molar-refractivity contribution in [3.8, 4) is 0 Å². The van der Waals surface area contributed by atoms with E-state index in [9.17, 15) is 9.59 Å². The van der Waals surface area contributed by atoms with Crippen LogP contribution in [-0.2, 0) is 9.59 Å². The first-order valence-electron chi connectivity index (χ1n) is 12.9. The summed E-state index contributed by atoms with van der Waals surface area (Å²) in [5.74, 6) is 2.97. The molecular formula is C28H38N2O2S. The molecule has 4 aliphatic rings. The molecule has 33 heavy (non-hydrogen) atoms. The van der Waals surface area contributed by atoms with E-state index in [1.54, 1.807) is 0 Å². The zero-order valence-electron chi connectivity index (χ0n) is 20.3. The van der Waals surface area contributed by atoms with Crippen molar-refractivity contribution in [1.82, 2.24) is 10.2 Å². The third-order valence-corrected chi connectivity index (χ3v) is 10.9. The Morgan fingerprint density at radius 1 is 1.03 bits per heavy atom. The largest absolute Gasteiger partial charge is 0.351 e. The van der Waals surface area contributed by atoms with Gasteiger partial charge in [0.15, 0.2) is 0 Å². The van der Waals surface area contributed by atoms with Gasteiger partial charge in [0.05, 0.1) is 0 Å². The third kappa shape index (κ3) is 3.66. The van der Waals surface area contributed by atoms with Gasteiger partial charge in [-0.15, -0.1) is 0 Å². The van der Waals surface area contributed by atoms with Crippen LogP contribution < -0.4 is 5.32 Å². The zero-order chi connectivity index (χ0) is 23.4. The molecule has 0 aromatic heterocycles. The number of thiocarbonyl (C=S) groups is 1. The highest BCUT2D eigenvalue weighted by atomic mass is 32.1. The predicted octanol–water partition coefficient (Wildman–Crippen LogP) is 5.00. The van der Waals surface area contributed by atoms with Crippen LogP contribution in [0.2, 0.25) is 0 Å². The van der Waals surface area contributed by atoms with Crippen molar-refractivity contribution in [3.05, 3.63) is 35.9 Å². The minimum absolute atomic E-state index is 0.111. The van der Waals surface area contributed by atoms with Gasteiger partial charge in [0.2, 0.25) is 5.91 Å². The summed E-state index contributed by atoms with van der Waals surface area (Å²) in [6, 6.07) is 10.0. The smallest absolute Gasteiger partial charge is 0.262 e. The Bertz CT molecular complexity index is 948. The highest BCUT2D eigenvalue weighted by Crippen LogP contribution is 2.66. The first kappa shape index (κ1) is 23.0. The van der Waals surface area contributed by atoms with Crippen LogP contribution in [-0.4, -0.2) is 41.2 Å². The summed E-state index contributed by atoms with van der Waals surface area (Å²) in [7, 11) is 2.03. The first-order chi connectivity index (χ1) is 15.8. The van der Waals surface area contributed by atoms with Gasteiger partial charge in [-0.25, -0.2) is 0 Å². The van der Waals surface area contributed by atoms with Crippen molar-refractivity contribution < 1.29 is 9.59 Å². The number of hydrogen-bond donors (Lipinski definition) is 1. The van der Waals surface area contributed by atoms with E-state index in [4.69, 9.17) is 12.2 Å². The SMILES string of the molecule is CN1C(=O)CC[C@]2(C)[C@H]3CC[C@]4(C)[C@@H](CNC(=O)C(=S)c5ccccc5)CC[C@H]4[C@@H]3CC[C@@H]12. The molecule has 178 valence electrons. The summed E-state index contributed by atoms with van der Waals surface area (Å²) < 4.78 is 0. The maximum absolute atomic E-state index is 12.8. The average molecular weight is 467 g/mol. The number of nitrogens with zero attached hydrogens (tertiary/aromatic N) is 1. The van der Waals surface area contributed by atoms with Crippen LogP contribution >= 0.6 is 12.2 Å². The van der Waals surface area contributed by atoms with Crippen LogP contribution in [0.15, 0.2) is 30.3 Å². The summed E-state index contributed by atoms with van der Waals surface area (Å²) >= 11 is 5.45. The van der Waals surface area contributed by atoms with Crippen molar-refractivity contribution in [3.63, 3.8) is 0 Å². The lowest BCUT2D eigenvalue weighted by Gasteiger charge is -2.61. The highest BCUT2D eigenvalue weighted by Gasteiger charge is 2.60. The molecule has 5 heteroatoms. The van der Waals surface area contributed by atoms with Gasteiger partial charge in [-0.1, -0.05) is 56.4 Å². The number of nitrogens with one attached hydrogen (secondary N) is 1. The number of likely N-dealkylation sites (tertiary alicyclic amines) is 1. The second-order valence-electron chi connectivity index (χ2n) is 11.7. The quantitative estimate of drug-likeness (QED) is 0.502. The Balaban J connectivity index is 1.27. The number of rotatable bonds is 4. The molecule has 1 heterocycles. The van der Waals surface area contributed by atoms with Gasteiger partial charge >= 0.3 is 0 Å². The van der Waals surface area contributed by atoms with E-state index in [1.165, 1.54) is 32.1 Å². The number of benzene rings is 1. The lowest BCUT2D eigenvalue weighted by Crippen LogP contribution is -2.61. The van der Waals surface area contributed by atoms with Gasteiger partial charge in [-0.3, -0.25) is 9.59 Å². The van der Waals surface area contributed by atoms with Crippen LogP contribution in [0, 0.1) is 34.5 Å². The molecule has 1 aromatic carbocycles. The standard InChI is InChI=1S/C28H38N2O2S/c1-27-15-13-22-20(10-12-23-28(22,2)16-14-24(31)30(23)3)21(27)11-9-19(27)17-29-26(32)25(33)18-7-5-4-6-8-18/h4-8,19-23H,9-17H2,1-3H3,(H,29,32)/t19-,20+,21+,22+,23-,27-,28-/m1/s1. The normalized spacial score (nSPS) is 39.9. The van der Waals surface area contributed by atoms with Crippen LogP contribution in [0.4, 0.5) is 0 Å². The molecule has 2 amide bonds. The molecule has 4 nitrogen and oxygen atoms in total. The van der Waals surface area contributed by atoms with Gasteiger partial charge in [-0.05, 0) is 85.0 Å². The molecule has 0 radical (unpaired) electrons. The summed E-state index contributed by atoms with van der Waals surface area (Å²) in [6.45, 7) is 5.71. The fourth-order valence-electron chi connectivity index (χ4n) is 8.61. The lowest BCUT2D eigenvalue weighted by molar-refractivity contribution is -0.158. The van der Waals surface area contributed by atoms with Gasteiger partial charge in [-0.2, -0.15) is 0 Å². The van der Waals surface area contributed by atoms with E-state index in [1.807, 2.05) is 37.4 Å². The highest BCUT2D eigenvalue weighted by molar-refractivity contribution is 7.82. The molecular weight excluding hydrogens is 428 g/mol. The summed E-state index contributed by atoms with van der Waals surface area (Å²) in [5, 5.41) is 3.19. The van der Waals surface area contributed by atoms with Gasteiger partial charge in [0.1, 0.15) is 4.86 Å². The third-order valence-electron chi connectivity index (χ3n) is 10.5. The van der Waals surface area contributed by atoms with Gasteiger partial charge in [0, 0.05) is 26.1 Å².